The second-order valence-corrected chi connectivity index (χ2v) is 10.4. The zero-order valence-corrected chi connectivity index (χ0v) is 15.0. The standard InChI is InChI=1S/C14H18ClNO5S2/c1-10-3-2-4-11(15)14(10)23(19,20)16-6-8-22(17,18)13-9-21-7-5-12(13)16/h2-4,12-13H,5-9H2,1H3. The first-order valence-electron chi connectivity index (χ1n) is 7.31. The Kier molecular flexibility index (Phi) is 4.48. The Morgan fingerprint density at radius 2 is 2.09 bits per heavy atom. The summed E-state index contributed by atoms with van der Waals surface area (Å²) < 4.78 is 57.2. The van der Waals surface area contributed by atoms with Gasteiger partial charge in [-0.1, -0.05) is 23.7 Å². The van der Waals surface area contributed by atoms with E-state index in [2.05, 4.69) is 0 Å². The molecule has 0 saturated carbocycles. The van der Waals surface area contributed by atoms with Crippen LogP contribution < -0.4 is 0 Å². The number of sulfonamides is 1. The summed E-state index contributed by atoms with van der Waals surface area (Å²) in [6.45, 7) is 2.03. The fourth-order valence-electron chi connectivity index (χ4n) is 3.27. The van der Waals surface area contributed by atoms with Crippen molar-refractivity contribution in [3.63, 3.8) is 0 Å². The van der Waals surface area contributed by atoms with Crippen molar-refractivity contribution >= 4 is 31.5 Å². The van der Waals surface area contributed by atoms with Gasteiger partial charge in [-0.05, 0) is 25.0 Å². The van der Waals surface area contributed by atoms with Gasteiger partial charge in [-0.2, -0.15) is 4.31 Å². The molecule has 0 amide bonds. The van der Waals surface area contributed by atoms with Crippen LogP contribution in [0, 0.1) is 6.92 Å². The highest BCUT2D eigenvalue weighted by Gasteiger charge is 2.48. The van der Waals surface area contributed by atoms with E-state index < -0.39 is 31.2 Å². The van der Waals surface area contributed by atoms with Gasteiger partial charge >= 0.3 is 0 Å². The number of hydrogen-bond donors (Lipinski definition) is 0. The Balaban J connectivity index is 2.07. The number of ether oxygens (including phenoxy) is 1. The van der Waals surface area contributed by atoms with Crippen LogP contribution in [0.25, 0.3) is 0 Å². The van der Waals surface area contributed by atoms with Crippen LogP contribution in [0.2, 0.25) is 5.02 Å². The minimum absolute atomic E-state index is 0.0422. The zero-order valence-electron chi connectivity index (χ0n) is 12.6. The first-order valence-corrected chi connectivity index (χ1v) is 10.8. The summed E-state index contributed by atoms with van der Waals surface area (Å²) in [7, 11) is -7.21. The van der Waals surface area contributed by atoms with Crippen molar-refractivity contribution in [1.82, 2.24) is 4.31 Å². The third kappa shape index (κ3) is 2.91. The van der Waals surface area contributed by atoms with Crippen LogP contribution in [0.3, 0.4) is 0 Å². The first-order chi connectivity index (χ1) is 10.7. The molecule has 0 spiro atoms. The molecule has 2 atom stereocenters. The van der Waals surface area contributed by atoms with Gasteiger partial charge < -0.3 is 4.74 Å². The predicted octanol–water partition coefficient (Wildman–Crippen LogP) is 1.23. The van der Waals surface area contributed by atoms with Crippen LogP contribution in [0.5, 0.6) is 0 Å². The van der Waals surface area contributed by atoms with Gasteiger partial charge in [0.2, 0.25) is 10.0 Å². The van der Waals surface area contributed by atoms with Crippen molar-refractivity contribution < 1.29 is 21.6 Å². The van der Waals surface area contributed by atoms with Gasteiger partial charge in [-0.3, -0.25) is 0 Å². The molecule has 0 bridgehead atoms. The molecule has 9 heteroatoms. The Bertz CT molecular complexity index is 801. The van der Waals surface area contributed by atoms with E-state index in [1.807, 2.05) is 0 Å². The topological polar surface area (TPSA) is 80.8 Å². The number of halogens is 1. The molecule has 2 heterocycles. The largest absolute Gasteiger partial charge is 0.380 e. The van der Waals surface area contributed by atoms with Crippen molar-refractivity contribution in [1.29, 1.82) is 0 Å². The summed E-state index contributed by atoms with van der Waals surface area (Å²) in [6, 6.07) is 4.31. The minimum Gasteiger partial charge on any atom is -0.380 e. The van der Waals surface area contributed by atoms with Gasteiger partial charge in [-0.25, -0.2) is 16.8 Å². The van der Waals surface area contributed by atoms with Gasteiger partial charge in [0.05, 0.1) is 17.4 Å². The highest BCUT2D eigenvalue weighted by atomic mass is 35.5. The molecule has 2 aliphatic heterocycles. The first kappa shape index (κ1) is 17.2. The van der Waals surface area contributed by atoms with Crippen LogP contribution in [-0.4, -0.2) is 57.9 Å². The lowest BCUT2D eigenvalue weighted by Crippen LogP contribution is -2.60. The Hall–Kier alpha value is -0.670. The Labute approximate surface area is 141 Å². The van der Waals surface area contributed by atoms with Gasteiger partial charge in [0.1, 0.15) is 10.1 Å². The second-order valence-electron chi connectivity index (χ2n) is 5.84. The summed E-state index contributed by atoms with van der Waals surface area (Å²) in [5.41, 5.74) is 0.551. The number of hydrogen-bond acceptors (Lipinski definition) is 5. The summed E-state index contributed by atoms with van der Waals surface area (Å²) in [4.78, 5) is 0.0613. The van der Waals surface area contributed by atoms with Crippen LogP contribution >= 0.6 is 11.6 Å². The third-order valence-electron chi connectivity index (χ3n) is 4.43. The van der Waals surface area contributed by atoms with Gasteiger partial charge in [-0.15, -0.1) is 0 Å². The lowest BCUT2D eigenvalue weighted by atomic mass is 10.1. The molecule has 3 rings (SSSR count). The van der Waals surface area contributed by atoms with Crippen molar-refractivity contribution in [2.24, 2.45) is 0 Å². The van der Waals surface area contributed by atoms with Crippen molar-refractivity contribution in [3.8, 4) is 0 Å². The smallest absolute Gasteiger partial charge is 0.245 e. The molecule has 2 fully saturated rings. The summed E-state index contributed by atoms with van der Waals surface area (Å²) >= 11 is 6.12. The lowest BCUT2D eigenvalue weighted by Gasteiger charge is -2.42. The van der Waals surface area contributed by atoms with Crippen LogP contribution in [0.15, 0.2) is 23.1 Å². The molecular formula is C14H18ClNO5S2. The van der Waals surface area contributed by atoms with E-state index in [1.165, 1.54) is 10.4 Å². The van der Waals surface area contributed by atoms with E-state index in [0.29, 0.717) is 18.6 Å². The van der Waals surface area contributed by atoms with E-state index in [1.54, 1.807) is 19.1 Å². The van der Waals surface area contributed by atoms with E-state index in [9.17, 15) is 16.8 Å². The quantitative estimate of drug-likeness (QED) is 0.771. The fraction of sp³-hybridized carbons (Fsp3) is 0.571. The van der Waals surface area contributed by atoms with E-state index in [4.69, 9.17) is 16.3 Å². The molecule has 6 nitrogen and oxygen atoms in total. The maximum absolute atomic E-state index is 13.1. The van der Waals surface area contributed by atoms with Gasteiger partial charge in [0.15, 0.2) is 9.84 Å². The fourth-order valence-corrected chi connectivity index (χ4v) is 7.76. The molecule has 0 aliphatic carbocycles. The van der Waals surface area contributed by atoms with Gasteiger partial charge in [0, 0.05) is 19.2 Å². The average Bonchev–Trinajstić information content (AvgIpc) is 2.46. The summed E-state index contributed by atoms with van der Waals surface area (Å²) in [5.74, 6) is -0.194. The number of sulfone groups is 1. The zero-order chi connectivity index (χ0) is 16.8. The highest BCUT2D eigenvalue weighted by molar-refractivity contribution is 7.92. The second kappa shape index (κ2) is 6.00. The number of aryl methyl sites for hydroxylation is 1. The van der Waals surface area contributed by atoms with Crippen molar-refractivity contribution in [2.45, 2.75) is 29.5 Å². The number of benzene rings is 1. The molecule has 2 unspecified atom stereocenters. The van der Waals surface area contributed by atoms with Crippen molar-refractivity contribution in [2.75, 3.05) is 25.5 Å². The average molecular weight is 380 g/mol. The predicted molar refractivity (Wildman–Crippen MR) is 86.9 cm³/mol. The molecule has 0 N–H and O–H groups in total. The normalized spacial score (nSPS) is 28.3. The molecule has 2 saturated heterocycles. The summed E-state index contributed by atoms with van der Waals surface area (Å²) in [5, 5.41) is -0.649. The van der Waals surface area contributed by atoms with Crippen LogP contribution in [0.4, 0.5) is 0 Å². The maximum Gasteiger partial charge on any atom is 0.245 e. The molecule has 23 heavy (non-hydrogen) atoms. The number of nitrogens with zero attached hydrogens (tertiary/aromatic N) is 1. The Morgan fingerprint density at radius 3 is 2.78 bits per heavy atom. The monoisotopic (exact) mass is 379 g/mol. The SMILES string of the molecule is Cc1cccc(Cl)c1S(=O)(=O)N1CCS(=O)(=O)C2COCCC21. The van der Waals surface area contributed by atoms with E-state index >= 15 is 0 Å². The van der Waals surface area contributed by atoms with E-state index in [-0.39, 0.29) is 28.8 Å². The molecule has 128 valence electrons. The number of rotatable bonds is 2. The molecule has 1 aromatic carbocycles. The molecule has 0 radical (unpaired) electrons. The minimum atomic E-state index is -3.86. The molecule has 1 aromatic rings. The summed E-state index contributed by atoms with van der Waals surface area (Å²) in [6.07, 6.45) is 0.368. The number of fused-ring (bicyclic) bond motifs is 1. The van der Waals surface area contributed by atoms with Crippen molar-refractivity contribution in [3.05, 3.63) is 28.8 Å². The molecular weight excluding hydrogens is 362 g/mol. The lowest BCUT2D eigenvalue weighted by molar-refractivity contribution is 0.0590. The maximum atomic E-state index is 13.1. The Morgan fingerprint density at radius 1 is 1.35 bits per heavy atom. The van der Waals surface area contributed by atoms with E-state index in [0.717, 1.165) is 0 Å². The van der Waals surface area contributed by atoms with Crippen LogP contribution in [-0.2, 0) is 24.6 Å². The molecule has 2 aliphatic rings. The highest BCUT2D eigenvalue weighted by Crippen LogP contribution is 2.34. The molecule has 0 aromatic heterocycles. The van der Waals surface area contributed by atoms with Crippen LogP contribution in [0.1, 0.15) is 12.0 Å². The van der Waals surface area contributed by atoms with Gasteiger partial charge in [0.25, 0.3) is 0 Å². The third-order valence-corrected chi connectivity index (χ3v) is 9.11.